The summed E-state index contributed by atoms with van der Waals surface area (Å²) >= 11 is 1.57. The Morgan fingerprint density at radius 3 is 2.59 bits per heavy atom. The molecule has 3 aromatic heterocycles. The van der Waals surface area contributed by atoms with Crippen molar-refractivity contribution in [2.24, 2.45) is 0 Å². The van der Waals surface area contributed by atoms with Gasteiger partial charge in [0.05, 0.1) is 0 Å². The van der Waals surface area contributed by atoms with E-state index in [-0.39, 0.29) is 0 Å². The maximum atomic E-state index is 4.65. The summed E-state index contributed by atoms with van der Waals surface area (Å²) in [7, 11) is 0. The van der Waals surface area contributed by atoms with Crippen molar-refractivity contribution in [1.82, 2.24) is 24.8 Å². The van der Waals surface area contributed by atoms with Crippen LogP contribution in [0.5, 0.6) is 0 Å². The lowest BCUT2D eigenvalue weighted by Crippen LogP contribution is -1.98. The molecule has 22 heavy (non-hydrogen) atoms. The highest BCUT2D eigenvalue weighted by Crippen LogP contribution is 2.18. The first-order valence-corrected chi connectivity index (χ1v) is 7.83. The van der Waals surface area contributed by atoms with Gasteiger partial charge in [0.2, 0.25) is 4.96 Å². The quantitative estimate of drug-likeness (QED) is 0.582. The van der Waals surface area contributed by atoms with Gasteiger partial charge in [-0.25, -0.2) is 0 Å². The van der Waals surface area contributed by atoms with Crippen LogP contribution in [0.4, 0.5) is 0 Å². The fourth-order valence-corrected chi connectivity index (χ4v) is 3.22. The molecule has 0 atom stereocenters. The Kier molecular flexibility index (Phi) is 3.36. The molecule has 0 radical (unpaired) electrons. The van der Waals surface area contributed by atoms with Crippen molar-refractivity contribution in [3.8, 4) is 0 Å². The summed E-state index contributed by atoms with van der Waals surface area (Å²) in [5.74, 6) is 0.870. The van der Waals surface area contributed by atoms with E-state index in [0.29, 0.717) is 0 Å². The molecular weight excluding hydrogens is 294 g/mol. The number of nitrogens with zero attached hydrogens (tertiary/aromatic N) is 5. The van der Waals surface area contributed by atoms with Crippen molar-refractivity contribution in [2.75, 3.05) is 0 Å². The topological polar surface area (TPSA) is 56.0 Å². The summed E-state index contributed by atoms with van der Waals surface area (Å²) in [6.07, 6.45) is 5.15. The van der Waals surface area contributed by atoms with Gasteiger partial charge in [-0.2, -0.15) is 9.61 Å². The van der Waals surface area contributed by atoms with Gasteiger partial charge in [-0.3, -0.25) is 4.98 Å². The SMILES string of the molecule is c1ccc(Cc2nnc3sc(Cc4cccnc4)nn23)cc1. The van der Waals surface area contributed by atoms with Gasteiger partial charge in [0, 0.05) is 25.2 Å². The van der Waals surface area contributed by atoms with E-state index in [1.807, 2.05) is 35.0 Å². The predicted molar refractivity (Wildman–Crippen MR) is 85.0 cm³/mol. The Morgan fingerprint density at radius 1 is 0.909 bits per heavy atom. The van der Waals surface area contributed by atoms with Gasteiger partial charge in [0.25, 0.3) is 0 Å². The number of benzene rings is 1. The molecule has 4 rings (SSSR count). The average Bonchev–Trinajstić information content (AvgIpc) is 3.11. The molecule has 0 spiro atoms. The highest BCUT2D eigenvalue weighted by Gasteiger charge is 2.12. The van der Waals surface area contributed by atoms with E-state index in [2.05, 4.69) is 38.5 Å². The first-order chi connectivity index (χ1) is 10.9. The number of aromatic nitrogens is 5. The molecule has 0 amide bonds. The smallest absolute Gasteiger partial charge is 0.234 e. The fourth-order valence-electron chi connectivity index (χ4n) is 2.33. The molecule has 0 N–H and O–H groups in total. The van der Waals surface area contributed by atoms with Gasteiger partial charge >= 0.3 is 0 Å². The van der Waals surface area contributed by atoms with Gasteiger partial charge in [-0.1, -0.05) is 47.7 Å². The minimum Gasteiger partial charge on any atom is -0.264 e. The molecule has 6 heteroatoms. The van der Waals surface area contributed by atoms with E-state index in [1.54, 1.807) is 17.5 Å². The van der Waals surface area contributed by atoms with Crippen LogP contribution < -0.4 is 0 Å². The van der Waals surface area contributed by atoms with Crippen LogP contribution in [0.25, 0.3) is 4.96 Å². The van der Waals surface area contributed by atoms with Gasteiger partial charge in [0.1, 0.15) is 5.01 Å². The lowest BCUT2D eigenvalue weighted by Gasteiger charge is -1.97. The van der Waals surface area contributed by atoms with E-state index in [1.165, 1.54) is 5.56 Å². The van der Waals surface area contributed by atoms with Crippen LogP contribution >= 0.6 is 11.3 Å². The normalized spacial score (nSPS) is 11.1. The van der Waals surface area contributed by atoms with E-state index < -0.39 is 0 Å². The Hall–Kier alpha value is -2.60. The maximum absolute atomic E-state index is 4.65. The first kappa shape index (κ1) is 13.1. The van der Waals surface area contributed by atoms with Crippen LogP contribution in [-0.2, 0) is 12.8 Å². The van der Waals surface area contributed by atoms with Crippen molar-refractivity contribution >= 4 is 16.3 Å². The Bertz CT molecular complexity index is 883. The average molecular weight is 307 g/mol. The lowest BCUT2D eigenvalue weighted by atomic mass is 10.1. The zero-order valence-electron chi connectivity index (χ0n) is 11.8. The molecule has 4 aromatic rings. The van der Waals surface area contributed by atoms with Crippen molar-refractivity contribution in [3.63, 3.8) is 0 Å². The molecule has 0 aliphatic rings. The first-order valence-electron chi connectivity index (χ1n) is 7.01. The summed E-state index contributed by atoms with van der Waals surface area (Å²) < 4.78 is 1.85. The summed E-state index contributed by atoms with van der Waals surface area (Å²) in [6.45, 7) is 0. The third-order valence-electron chi connectivity index (χ3n) is 3.38. The van der Waals surface area contributed by atoms with Crippen molar-refractivity contribution in [1.29, 1.82) is 0 Å². The van der Waals surface area contributed by atoms with Crippen LogP contribution in [0.1, 0.15) is 22.0 Å². The van der Waals surface area contributed by atoms with E-state index in [0.717, 1.165) is 34.2 Å². The third-order valence-corrected chi connectivity index (χ3v) is 4.28. The largest absolute Gasteiger partial charge is 0.264 e. The zero-order chi connectivity index (χ0) is 14.8. The fraction of sp³-hybridized carbons (Fsp3) is 0.125. The monoisotopic (exact) mass is 307 g/mol. The molecule has 0 saturated heterocycles. The van der Waals surface area contributed by atoms with Crippen LogP contribution in [-0.4, -0.2) is 24.8 Å². The molecule has 0 bridgehead atoms. The van der Waals surface area contributed by atoms with E-state index in [9.17, 15) is 0 Å². The molecule has 0 unspecified atom stereocenters. The predicted octanol–water partition coefficient (Wildman–Crippen LogP) is 2.76. The zero-order valence-corrected chi connectivity index (χ0v) is 12.6. The van der Waals surface area contributed by atoms with Crippen LogP contribution in [0.15, 0.2) is 54.9 Å². The van der Waals surface area contributed by atoms with Crippen LogP contribution in [0.2, 0.25) is 0 Å². The molecule has 0 aliphatic carbocycles. The van der Waals surface area contributed by atoms with E-state index >= 15 is 0 Å². The Balaban J connectivity index is 1.62. The second-order valence-corrected chi connectivity index (χ2v) is 6.05. The summed E-state index contributed by atoms with van der Waals surface area (Å²) in [5, 5.41) is 14.1. The Labute approximate surface area is 131 Å². The number of hydrogen-bond acceptors (Lipinski definition) is 5. The summed E-state index contributed by atoms with van der Waals surface area (Å²) in [4.78, 5) is 4.98. The molecule has 0 saturated carbocycles. The molecule has 0 fully saturated rings. The summed E-state index contributed by atoms with van der Waals surface area (Å²) in [5.41, 5.74) is 2.36. The highest BCUT2D eigenvalue weighted by molar-refractivity contribution is 7.16. The highest BCUT2D eigenvalue weighted by atomic mass is 32.1. The Morgan fingerprint density at radius 2 is 1.77 bits per heavy atom. The van der Waals surface area contributed by atoms with Crippen LogP contribution in [0.3, 0.4) is 0 Å². The molecule has 0 aliphatic heterocycles. The van der Waals surface area contributed by atoms with Gasteiger partial charge in [-0.05, 0) is 17.2 Å². The number of rotatable bonds is 4. The van der Waals surface area contributed by atoms with Gasteiger partial charge in [-0.15, -0.1) is 10.2 Å². The maximum Gasteiger partial charge on any atom is 0.234 e. The van der Waals surface area contributed by atoms with Crippen molar-refractivity contribution in [2.45, 2.75) is 12.8 Å². The molecular formula is C16H13N5S. The third kappa shape index (κ3) is 2.60. The molecule has 1 aromatic carbocycles. The lowest BCUT2D eigenvalue weighted by molar-refractivity contribution is 0.830. The van der Waals surface area contributed by atoms with Crippen molar-refractivity contribution < 1.29 is 0 Å². The van der Waals surface area contributed by atoms with Crippen molar-refractivity contribution in [3.05, 3.63) is 76.8 Å². The number of hydrogen-bond donors (Lipinski definition) is 0. The van der Waals surface area contributed by atoms with Crippen LogP contribution in [0, 0.1) is 0 Å². The minimum absolute atomic E-state index is 0.734. The summed E-state index contributed by atoms with van der Waals surface area (Å²) in [6, 6.07) is 14.2. The standard InChI is InChI=1S/C16H13N5S/c1-2-5-12(6-3-1)9-14-18-19-16-21(14)20-15(22-16)10-13-7-4-8-17-11-13/h1-8,11H,9-10H2. The van der Waals surface area contributed by atoms with Gasteiger partial charge in [0.15, 0.2) is 5.82 Å². The molecule has 5 nitrogen and oxygen atoms in total. The molecule has 3 heterocycles. The second kappa shape index (κ2) is 5.65. The number of pyridine rings is 1. The molecule has 108 valence electrons. The number of fused-ring (bicyclic) bond motifs is 1. The minimum atomic E-state index is 0.734. The van der Waals surface area contributed by atoms with E-state index in [4.69, 9.17) is 0 Å². The van der Waals surface area contributed by atoms with Gasteiger partial charge < -0.3 is 0 Å². The second-order valence-electron chi connectivity index (χ2n) is 5.01.